The minimum atomic E-state index is -0.977. The fourth-order valence-corrected chi connectivity index (χ4v) is 3.73. The van der Waals surface area contributed by atoms with E-state index in [0.717, 1.165) is 16.7 Å². The Morgan fingerprint density at radius 3 is 2.37 bits per heavy atom. The van der Waals surface area contributed by atoms with E-state index in [9.17, 15) is 4.21 Å². The van der Waals surface area contributed by atoms with Crippen LogP contribution in [-0.2, 0) is 22.3 Å². The highest BCUT2D eigenvalue weighted by atomic mass is 35.5. The van der Waals surface area contributed by atoms with Crippen molar-refractivity contribution in [3.05, 3.63) is 69.2 Å². The molecule has 0 aliphatic rings. The highest BCUT2D eigenvalue weighted by molar-refractivity contribution is 7.83. The van der Waals surface area contributed by atoms with Crippen molar-refractivity contribution in [2.45, 2.75) is 18.4 Å². The van der Waals surface area contributed by atoms with Crippen LogP contribution in [0.15, 0.2) is 42.5 Å². The predicted molar refractivity (Wildman–Crippen MR) is 83.2 cm³/mol. The summed E-state index contributed by atoms with van der Waals surface area (Å²) in [5, 5.41) is 1.17. The Labute approximate surface area is 126 Å². The van der Waals surface area contributed by atoms with Crippen LogP contribution < -0.4 is 0 Å². The Hall–Kier alpha value is -0.830. The third kappa shape index (κ3) is 4.07. The van der Waals surface area contributed by atoms with E-state index in [-0.39, 0.29) is 0 Å². The molecule has 0 heterocycles. The zero-order valence-corrected chi connectivity index (χ0v) is 12.9. The Morgan fingerprint density at radius 2 is 1.68 bits per heavy atom. The van der Waals surface area contributed by atoms with Crippen molar-refractivity contribution in [1.82, 2.24) is 0 Å². The van der Waals surface area contributed by atoms with Crippen LogP contribution in [0.25, 0.3) is 0 Å². The largest absolute Gasteiger partial charge is 0.259 e. The molecule has 0 saturated carbocycles. The van der Waals surface area contributed by atoms with Gasteiger partial charge in [-0.15, -0.1) is 0 Å². The SMILES string of the molecule is Cc1ccccc1CS(=O)Cc1ccc(Cl)cc1Cl. The van der Waals surface area contributed by atoms with Crippen LogP contribution in [0.5, 0.6) is 0 Å². The quantitative estimate of drug-likeness (QED) is 0.796. The minimum absolute atomic E-state index is 0.449. The van der Waals surface area contributed by atoms with E-state index in [0.29, 0.717) is 21.6 Å². The molecular weight excluding hydrogens is 299 g/mol. The minimum Gasteiger partial charge on any atom is -0.259 e. The first-order valence-electron chi connectivity index (χ1n) is 5.89. The van der Waals surface area contributed by atoms with Gasteiger partial charge >= 0.3 is 0 Å². The van der Waals surface area contributed by atoms with E-state index in [1.54, 1.807) is 12.1 Å². The van der Waals surface area contributed by atoms with Crippen LogP contribution in [-0.4, -0.2) is 4.21 Å². The average Bonchev–Trinajstić information content (AvgIpc) is 2.36. The summed E-state index contributed by atoms with van der Waals surface area (Å²) in [5.41, 5.74) is 3.15. The summed E-state index contributed by atoms with van der Waals surface area (Å²) < 4.78 is 12.2. The molecule has 0 bridgehead atoms. The van der Waals surface area contributed by atoms with E-state index < -0.39 is 10.8 Å². The number of hydrogen-bond acceptors (Lipinski definition) is 1. The van der Waals surface area contributed by atoms with Gasteiger partial charge < -0.3 is 0 Å². The van der Waals surface area contributed by atoms with Crippen LogP contribution in [0.4, 0.5) is 0 Å². The molecule has 0 fully saturated rings. The molecule has 0 aliphatic heterocycles. The zero-order chi connectivity index (χ0) is 13.8. The van der Waals surface area contributed by atoms with Gasteiger partial charge in [0.2, 0.25) is 0 Å². The van der Waals surface area contributed by atoms with Gasteiger partial charge in [-0.05, 0) is 35.7 Å². The van der Waals surface area contributed by atoms with E-state index in [1.165, 1.54) is 0 Å². The van der Waals surface area contributed by atoms with Crippen molar-refractivity contribution in [2.75, 3.05) is 0 Å². The first kappa shape index (κ1) is 14.6. The van der Waals surface area contributed by atoms with Crippen LogP contribution in [0.2, 0.25) is 10.0 Å². The van der Waals surface area contributed by atoms with Crippen molar-refractivity contribution in [3.63, 3.8) is 0 Å². The first-order chi connectivity index (χ1) is 9.06. The molecule has 100 valence electrons. The predicted octanol–water partition coefficient (Wildman–Crippen LogP) is 4.75. The number of hydrogen-bond donors (Lipinski definition) is 0. The van der Waals surface area contributed by atoms with Crippen LogP contribution in [0.1, 0.15) is 16.7 Å². The second-order valence-corrected chi connectivity index (χ2v) is 6.69. The molecule has 0 radical (unpaired) electrons. The molecule has 19 heavy (non-hydrogen) atoms. The molecule has 0 N–H and O–H groups in total. The summed E-state index contributed by atoms with van der Waals surface area (Å²) in [5.74, 6) is 0.996. The Morgan fingerprint density at radius 1 is 1.00 bits per heavy atom. The summed E-state index contributed by atoms with van der Waals surface area (Å²) in [6, 6.07) is 13.3. The van der Waals surface area contributed by atoms with E-state index in [2.05, 4.69) is 0 Å². The lowest BCUT2D eigenvalue weighted by Crippen LogP contribution is -2.01. The molecule has 1 unspecified atom stereocenters. The van der Waals surface area contributed by atoms with E-state index in [1.807, 2.05) is 37.3 Å². The molecule has 2 aromatic rings. The van der Waals surface area contributed by atoms with Crippen molar-refractivity contribution in [1.29, 1.82) is 0 Å². The normalized spacial score (nSPS) is 12.4. The standard InChI is InChI=1S/C15H14Cl2OS/c1-11-4-2-3-5-12(11)9-19(18)10-13-6-7-14(16)8-15(13)17/h2-8H,9-10H2,1H3. The van der Waals surface area contributed by atoms with Crippen molar-refractivity contribution >= 4 is 34.0 Å². The Kier molecular flexibility index (Phi) is 5.03. The monoisotopic (exact) mass is 312 g/mol. The lowest BCUT2D eigenvalue weighted by Gasteiger charge is -2.07. The summed E-state index contributed by atoms with van der Waals surface area (Å²) in [6.07, 6.45) is 0. The van der Waals surface area contributed by atoms with Gasteiger partial charge in [0.05, 0.1) is 5.75 Å². The van der Waals surface area contributed by atoms with Gasteiger partial charge in [-0.2, -0.15) is 0 Å². The second-order valence-electron chi connectivity index (χ2n) is 4.39. The molecule has 0 amide bonds. The first-order valence-corrected chi connectivity index (χ1v) is 8.14. The molecular formula is C15H14Cl2OS. The van der Waals surface area contributed by atoms with Crippen molar-refractivity contribution in [3.8, 4) is 0 Å². The van der Waals surface area contributed by atoms with Gasteiger partial charge in [0.1, 0.15) is 0 Å². The van der Waals surface area contributed by atoms with Crippen molar-refractivity contribution in [2.24, 2.45) is 0 Å². The van der Waals surface area contributed by atoms with Crippen LogP contribution in [0, 0.1) is 6.92 Å². The van der Waals surface area contributed by atoms with Gasteiger partial charge in [0, 0.05) is 26.6 Å². The summed E-state index contributed by atoms with van der Waals surface area (Å²) in [7, 11) is -0.977. The van der Waals surface area contributed by atoms with E-state index >= 15 is 0 Å². The van der Waals surface area contributed by atoms with Gasteiger partial charge in [-0.25, -0.2) is 0 Å². The second kappa shape index (κ2) is 6.56. The molecule has 1 atom stereocenters. The highest BCUT2D eigenvalue weighted by Gasteiger charge is 2.08. The molecule has 1 nitrogen and oxygen atoms in total. The average molecular weight is 313 g/mol. The Balaban J connectivity index is 2.08. The zero-order valence-electron chi connectivity index (χ0n) is 10.5. The number of benzene rings is 2. The van der Waals surface area contributed by atoms with E-state index in [4.69, 9.17) is 23.2 Å². The van der Waals surface area contributed by atoms with Crippen molar-refractivity contribution < 1.29 is 4.21 Å². The lowest BCUT2D eigenvalue weighted by molar-refractivity contribution is 0.682. The summed E-state index contributed by atoms with van der Waals surface area (Å²) in [4.78, 5) is 0. The van der Waals surface area contributed by atoms with Gasteiger partial charge in [-0.3, -0.25) is 4.21 Å². The highest BCUT2D eigenvalue weighted by Crippen LogP contribution is 2.23. The van der Waals surface area contributed by atoms with Gasteiger partial charge in [-0.1, -0.05) is 53.5 Å². The van der Waals surface area contributed by atoms with Crippen LogP contribution >= 0.6 is 23.2 Å². The maximum Gasteiger partial charge on any atom is 0.0503 e. The topological polar surface area (TPSA) is 17.1 Å². The maximum absolute atomic E-state index is 12.2. The molecule has 4 heteroatoms. The maximum atomic E-state index is 12.2. The molecule has 0 spiro atoms. The van der Waals surface area contributed by atoms with Crippen LogP contribution in [0.3, 0.4) is 0 Å². The number of halogens is 2. The van der Waals surface area contributed by atoms with Gasteiger partial charge in [0.25, 0.3) is 0 Å². The molecule has 0 aromatic heterocycles. The third-order valence-electron chi connectivity index (χ3n) is 2.91. The lowest BCUT2D eigenvalue weighted by atomic mass is 10.1. The number of aryl methyl sites for hydroxylation is 1. The fourth-order valence-electron chi connectivity index (χ4n) is 1.81. The molecule has 0 saturated heterocycles. The molecule has 2 aromatic carbocycles. The molecule has 2 rings (SSSR count). The summed E-state index contributed by atoms with van der Waals surface area (Å²) in [6.45, 7) is 2.03. The van der Waals surface area contributed by atoms with Gasteiger partial charge in [0.15, 0.2) is 0 Å². The third-order valence-corrected chi connectivity index (χ3v) is 4.76. The number of rotatable bonds is 4. The summed E-state index contributed by atoms with van der Waals surface area (Å²) >= 11 is 11.9. The molecule has 0 aliphatic carbocycles. The Bertz CT molecular complexity index is 611. The fraction of sp³-hybridized carbons (Fsp3) is 0.200. The smallest absolute Gasteiger partial charge is 0.0503 e.